The van der Waals surface area contributed by atoms with E-state index in [2.05, 4.69) is 0 Å². The van der Waals surface area contributed by atoms with Crippen molar-refractivity contribution < 1.29 is 38.9 Å². The SMILES string of the molecule is CC(=CC1(C=C(C)C(=O)O)CCCC(=O)OCCOC1=O)C(=O)O. The molecule has 0 aliphatic carbocycles. The van der Waals surface area contributed by atoms with E-state index in [1.54, 1.807) is 0 Å². The highest BCUT2D eigenvalue weighted by Crippen LogP contribution is 2.34. The number of aliphatic carboxylic acids is 2. The normalized spacial score (nSPS) is 23.9. The molecule has 0 atom stereocenters. The smallest absolute Gasteiger partial charge is 0.330 e. The van der Waals surface area contributed by atoms with Gasteiger partial charge in [-0.3, -0.25) is 9.59 Å². The van der Waals surface area contributed by atoms with E-state index < -0.39 is 29.3 Å². The lowest BCUT2D eigenvalue weighted by atomic mass is 9.79. The maximum atomic E-state index is 12.5. The second-order valence-corrected chi connectivity index (χ2v) is 5.52. The van der Waals surface area contributed by atoms with Crippen LogP contribution in [-0.2, 0) is 28.7 Å². The third-order valence-corrected chi connectivity index (χ3v) is 3.55. The molecule has 24 heavy (non-hydrogen) atoms. The molecule has 1 fully saturated rings. The molecule has 0 saturated carbocycles. The van der Waals surface area contributed by atoms with Crippen LogP contribution >= 0.6 is 0 Å². The summed E-state index contributed by atoms with van der Waals surface area (Å²) in [5.74, 6) is -3.71. The fraction of sp³-hybridized carbons (Fsp3) is 0.500. The molecule has 1 aliphatic heterocycles. The third-order valence-electron chi connectivity index (χ3n) is 3.55. The van der Waals surface area contributed by atoms with Gasteiger partial charge in [0.15, 0.2) is 0 Å². The molecule has 0 spiro atoms. The van der Waals surface area contributed by atoms with Gasteiger partial charge >= 0.3 is 23.9 Å². The average Bonchev–Trinajstić information content (AvgIpc) is 2.50. The van der Waals surface area contributed by atoms with E-state index in [1.807, 2.05) is 0 Å². The van der Waals surface area contributed by atoms with E-state index in [9.17, 15) is 19.2 Å². The summed E-state index contributed by atoms with van der Waals surface area (Å²) in [4.78, 5) is 46.3. The molecule has 1 heterocycles. The molecule has 1 aliphatic rings. The Morgan fingerprint density at radius 3 is 2.00 bits per heavy atom. The average molecular weight is 340 g/mol. The summed E-state index contributed by atoms with van der Waals surface area (Å²) in [6.45, 7) is 2.30. The van der Waals surface area contributed by atoms with Crippen LogP contribution in [0.1, 0.15) is 33.1 Å². The first-order valence-corrected chi connectivity index (χ1v) is 7.36. The van der Waals surface area contributed by atoms with Gasteiger partial charge in [-0.05, 0) is 26.7 Å². The van der Waals surface area contributed by atoms with Crippen LogP contribution in [0.5, 0.6) is 0 Å². The zero-order valence-electron chi connectivity index (χ0n) is 13.5. The highest BCUT2D eigenvalue weighted by molar-refractivity contribution is 5.92. The Labute approximate surface area is 138 Å². The Morgan fingerprint density at radius 1 is 1.00 bits per heavy atom. The predicted octanol–water partition coefficient (Wildman–Crippen LogP) is 1.30. The topological polar surface area (TPSA) is 127 Å². The summed E-state index contributed by atoms with van der Waals surface area (Å²) in [5, 5.41) is 18.2. The van der Waals surface area contributed by atoms with Crippen molar-refractivity contribution >= 4 is 23.9 Å². The number of hydrogen-bond donors (Lipinski definition) is 2. The van der Waals surface area contributed by atoms with E-state index in [0.717, 1.165) is 0 Å². The summed E-state index contributed by atoms with van der Waals surface area (Å²) in [6.07, 6.45) is 2.62. The maximum absolute atomic E-state index is 12.5. The largest absolute Gasteiger partial charge is 0.478 e. The first kappa shape index (κ1) is 19.4. The maximum Gasteiger partial charge on any atom is 0.330 e. The molecule has 1 saturated heterocycles. The van der Waals surface area contributed by atoms with Crippen LogP contribution in [0.15, 0.2) is 23.3 Å². The van der Waals surface area contributed by atoms with E-state index >= 15 is 0 Å². The number of carbonyl (C=O) groups is 4. The second-order valence-electron chi connectivity index (χ2n) is 5.52. The lowest BCUT2D eigenvalue weighted by Gasteiger charge is -2.27. The van der Waals surface area contributed by atoms with Crippen LogP contribution in [0.2, 0.25) is 0 Å². The molecular formula is C16H20O8. The monoisotopic (exact) mass is 340 g/mol. The van der Waals surface area contributed by atoms with Crippen molar-refractivity contribution in [2.45, 2.75) is 33.1 Å². The van der Waals surface area contributed by atoms with Gasteiger partial charge in [0.25, 0.3) is 0 Å². The number of esters is 2. The van der Waals surface area contributed by atoms with Crippen molar-refractivity contribution in [3.8, 4) is 0 Å². The fourth-order valence-electron chi connectivity index (χ4n) is 2.32. The first-order chi connectivity index (χ1) is 11.2. The molecule has 132 valence electrons. The Kier molecular flexibility index (Phi) is 6.69. The van der Waals surface area contributed by atoms with Gasteiger partial charge in [0.2, 0.25) is 0 Å². The molecule has 0 unspecified atom stereocenters. The van der Waals surface area contributed by atoms with Gasteiger partial charge in [0, 0.05) is 17.6 Å². The molecule has 8 heteroatoms. The summed E-state index contributed by atoms with van der Waals surface area (Å²) in [5.41, 5.74) is -1.82. The van der Waals surface area contributed by atoms with Crippen LogP contribution in [0.4, 0.5) is 0 Å². The zero-order valence-corrected chi connectivity index (χ0v) is 13.5. The number of ether oxygens (including phenoxy) is 2. The van der Waals surface area contributed by atoms with Gasteiger partial charge in [-0.25, -0.2) is 9.59 Å². The van der Waals surface area contributed by atoms with E-state index in [4.69, 9.17) is 19.7 Å². The molecule has 2 N–H and O–H groups in total. The van der Waals surface area contributed by atoms with Gasteiger partial charge in [-0.2, -0.15) is 0 Å². The van der Waals surface area contributed by atoms with E-state index in [0.29, 0.717) is 0 Å². The van der Waals surface area contributed by atoms with Gasteiger partial charge in [-0.1, -0.05) is 12.2 Å². The van der Waals surface area contributed by atoms with Crippen molar-refractivity contribution in [2.24, 2.45) is 5.41 Å². The van der Waals surface area contributed by atoms with Gasteiger partial charge in [-0.15, -0.1) is 0 Å². The number of carbonyl (C=O) groups excluding carboxylic acids is 2. The lowest BCUT2D eigenvalue weighted by molar-refractivity contribution is -0.158. The minimum Gasteiger partial charge on any atom is -0.478 e. The molecule has 0 radical (unpaired) electrons. The van der Waals surface area contributed by atoms with E-state index in [-0.39, 0.29) is 43.6 Å². The standard InChI is InChI=1S/C16H20O8/c1-10(13(18)19)8-16(9-11(2)14(20)21)5-3-4-12(17)23-6-7-24-15(16)22/h8-9H,3-7H2,1-2H3,(H,18,19)(H,20,21). The Hall–Kier alpha value is -2.64. The van der Waals surface area contributed by atoms with Crippen molar-refractivity contribution in [1.82, 2.24) is 0 Å². The highest BCUT2D eigenvalue weighted by atomic mass is 16.6. The molecule has 0 aromatic heterocycles. The second kappa shape index (κ2) is 8.28. The van der Waals surface area contributed by atoms with Crippen LogP contribution < -0.4 is 0 Å². The van der Waals surface area contributed by atoms with Crippen LogP contribution in [0.3, 0.4) is 0 Å². The number of carboxylic acid groups (broad SMARTS) is 2. The summed E-state index contributed by atoms with van der Waals surface area (Å²) in [6, 6.07) is 0. The minimum absolute atomic E-state index is 0.0240. The van der Waals surface area contributed by atoms with Gasteiger partial charge < -0.3 is 19.7 Å². The van der Waals surface area contributed by atoms with Crippen LogP contribution in [0.25, 0.3) is 0 Å². The Bertz CT molecular complexity index is 569. The van der Waals surface area contributed by atoms with E-state index in [1.165, 1.54) is 26.0 Å². The molecule has 0 aromatic carbocycles. The fourth-order valence-corrected chi connectivity index (χ4v) is 2.32. The summed E-state index contributed by atoms with van der Waals surface area (Å²) in [7, 11) is 0. The van der Waals surface area contributed by atoms with Gasteiger partial charge in [0.1, 0.15) is 18.6 Å². The Balaban J connectivity index is 3.37. The van der Waals surface area contributed by atoms with Gasteiger partial charge in [0.05, 0.1) is 0 Å². The molecule has 0 aromatic rings. The summed E-state index contributed by atoms with van der Waals surface area (Å²) >= 11 is 0. The molecule has 0 amide bonds. The molecule has 1 rings (SSSR count). The third kappa shape index (κ3) is 5.22. The van der Waals surface area contributed by atoms with Crippen molar-refractivity contribution in [3.05, 3.63) is 23.3 Å². The number of rotatable bonds is 4. The number of hydrogen-bond acceptors (Lipinski definition) is 6. The molecule has 0 bridgehead atoms. The van der Waals surface area contributed by atoms with Crippen molar-refractivity contribution in [2.75, 3.05) is 13.2 Å². The zero-order chi connectivity index (χ0) is 18.3. The van der Waals surface area contributed by atoms with Crippen molar-refractivity contribution in [3.63, 3.8) is 0 Å². The molecule has 8 nitrogen and oxygen atoms in total. The minimum atomic E-state index is -1.57. The van der Waals surface area contributed by atoms with Crippen molar-refractivity contribution in [1.29, 1.82) is 0 Å². The van der Waals surface area contributed by atoms with Crippen LogP contribution in [0, 0.1) is 5.41 Å². The Morgan fingerprint density at radius 2 is 1.50 bits per heavy atom. The highest BCUT2D eigenvalue weighted by Gasteiger charge is 2.37. The predicted molar refractivity (Wildman–Crippen MR) is 81.0 cm³/mol. The number of cyclic esters (lactones) is 2. The first-order valence-electron chi connectivity index (χ1n) is 7.36. The lowest BCUT2D eigenvalue weighted by Crippen LogP contribution is -2.33. The molecular weight excluding hydrogens is 320 g/mol. The van der Waals surface area contributed by atoms with Crippen LogP contribution in [-0.4, -0.2) is 47.3 Å². The quantitative estimate of drug-likeness (QED) is 0.579. The number of carboxylic acids is 2. The summed E-state index contributed by atoms with van der Waals surface area (Å²) < 4.78 is 9.89.